The SMILES string of the molecule is O=C1CCCN(c2ccc(Br)cc2C(F)(F)F)C1. The molecule has 0 N–H and O–H groups in total. The van der Waals surface area contributed by atoms with Gasteiger partial charge in [0.05, 0.1) is 12.1 Å². The van der Waals surface area contributed by atoms with Gasteiger partial charge in [-0.3, -0.25) is 4.79 Å². The molecule has 0 amide bonds. The molecule has 0 saturated carbocycles. The molecule has 1 aromatic rings. The van der Waals surface area contributed by atoms with Gasteiger partial charge in [-0.15, -0.1) is 0 Å². The van der Waals surface area contributed by atoms with E-state index in [-0.39, 0.29) is 18.0 Å². The van der Waals surface area contributed by atoms with E-state index in [0.717, 1.165) is 6.07 Å². The lowest BCUT2D eigenvalue weighted by Gasteiger charge is -2.30. The number of hydrogen-bond donors (Lipinski definition) is 0. The molecule has 0 aromatic heterocycles. The molecule has 18 heavy (non-hydrogen) atoms. The van der Waals surface area contributed by atoms with Crippen molar-refractivity contribution < 1.29 is 18.0 Å². The molecular formula is C12H11BrF3NO. The summed E-state index contributed by atoms with van der Waals surface area (Å²) in [6.45, 7) is 0.543. The van der Waals surface area contributed by atoms with Gasteiger partial charge in [0.2, 0.25) is 0 Å². The fourth-order valence-corrected chi connectivity index (χ4v) is 2.42. The Labute approximate surface area is 111 Å². The van der Waals surface area contributed by atoms with E-state index in [4.69, 9.17) is 0 Å². The topological polar surface area (TPSA) is 20.3 Å². The van der Waals surface area contributed by atoms with Crippen LogP contribution in [0.3, 0.4) is 0 Å². The predicted molar refractivity (Wildman–Crippen MR) is 65.6 cm³/mol. The van der Waals surface area contributed by atoms with Crippen LogP contribution in [0, 0.1) is 0 Å². The van der Waals surface area contributed by atoms with E-state index in [9.17, 15) is 18.0 Å². The zero-order valence-electron chi connectivity index (χ0n) is 9.43. The average Bonchev–Trinajstić information content (AvgIpc) is 2.27. The minimum absolute atomic E-state index is 0.0164. The normalized spacial score (nSPS) is 17.1. The number of hydrogen-bond acceptors (Lipinski definition) is 2. The molecule has 98 valence electrons. The van der Waals surface area contributed by atoms with E-state index in [1.54, 1.807) is 6.07 Å². The largest absolute Gasteiger partial charge is 0.418 e. The quantitative estimate of drug-likeness (QED) is 0.787. The molecule has 1 heterocycles. The monoisotopic (exact) mass is 321 g/mol. The van der Waals surface area contributed by atoms with Crippen LogP contribution < -0.4 is 4.90 Å². The molecule has 0 radical (unpaired) electrons. The van der Waals surface area contributed by atoms with Gasteiger partial charge >= 0.3 is 6.18 Å². The maximum absolute atomic E-state index is 12.9. The van der Waals surface area contributed by atoms with Crippen molar-refractivity contribution in [1.29, 1.82) is 0 Å². The van der Waals surface area contributed by atoms with Crippen LogP contribution >= 0.6 is 15.9 Å². The fourth-order valence-electron chi connectivity index (χ4n) is 2.05. The Bertz CT molecular complexity index is 473. The molecule has 2 rings (SSSR count). The second-order valence-electron chi connectivity index (χ2n) is 4.22. The molecule has 0 bridgehead atoms. The van der Waals surface area contributed by atoms with Crippen LogP contribution in [0.5, 0.6) is 0 Å². The highest BCUT2D eigenvalue weighted by atomic mass is 79.9. The zero-order valence-corrected chi connectivity index (χ0v) is 11.0. The first kappa shape index (κ1) is 13.4. The maximum Gasteiger partial charge on any atom is 0.418 e. The molecule has 1 saturated heterocycles. The summed E-state index contributed by atoms with van der Waals surface area (Å²) in [5, 5.41) is 0. The molecule has 6 heteroatoms. The van der Waals surface area contributed by atoms with Crippen molar-refractivity contribution in [2.24, 2.45) is 0 Å². The lowest BCUT2D eigenvalue weighted by molar-refractivity contribution is -0.137. The number of alkyl halides is 3. The molecule has 0 atom stereocenters. The van der Waals surface area contributed by atoms with Crippen LogP contribution in [0.2, 0.25) is 0 Å². The number of ketones is 1. The van der Waals surface area contributed by atoms with Crippen molar-refractivity contribution in [2.45, 2.75) is 19.0 Å². The number of carbonyl (C=O) groups is 1. The van der Waals surface area contributed by atoms with E-state index in [0.29, 0.717) is 23.9 Å². The highest BCUT2D eigenvalue weighted by Crippen LogP contribution is 2.38. The zero-order chi connectivity index (χ0) is 13.3. The third-order valence-electron chi connectivity index (χ3n) is 2.86. The van der Waals surface area contributed by atoms with Crippen LogP contribution in [-0.2, 0) is 11.0 Å². The summed E-state index contributed by atoms with van der Waals surface area (Å²) >= 11 is 3.04. The highest BCUT2D eigenvalue weighted by Gasteiger charge is 2.35. The number of piperidine rings is 1. The number of nitrogens with zero attached hydrogens (tertiary/aromatic N) is 1. The van der Waals surface area contributed by atoms with Crippen molar-refractivity contribution in [3.8, 4) is 0 Å². The van der Waals surface area contributed by atoms with Gasteiger partial charge in [0.15, 0.2) is 5.78 Å². The van der Waals surface area contributed by atoms with Crippen molar-refractivity contribution in [2.75, 3.05) is 18.0 Å². The van der Waals surface area contributed by atoms with Gasteiger partial charge in [0.25, 0.3) is 0 Å². The number of anilines is 1. The Morgan fingerprint density at radius 1 is 1.28 bits per heavy atom. The summed E-state index contributed by atoms with van der Waals surface area (Å²) in [5.41, 5.74) is -0.620. The molecule has 0 unspecified atom stereocenters. The first-order valence-electron chi connectivity index (χ1n) is 5.51. The Hall–Kier alpha value is -1.04. The third kappa shape index (κ3) is 2.85. The van der Waals surface area contributed by atoms with E-state index < -0.39 is 11.7 Å². The summed E-state index contributed by atoms with van der Waals surface area (Å²) in [6.07, 6.45) is -3.36. The van der Waals surface area contributed by atoms with Crippen LogP contribution in [0.4, 0.5) is 18.9 Å². The Kier molecular flexibility index (Phi) is 3.66. The standard InChI is InChI=1S/C12H11BrF3NO/c13-8-3-4-11(10(6-8)12(14,15)16)17-5-1-2-9(18)7-17/h3-4,6H,1-2,5,7H2. The third-order valence-corrected chi connectivity index (χ3v) is 3.35. The second kappa shape index (κ2) is 4.91. The molecule has 1 aliphatic rings. The van der Waals surface area contributed by atoms with Crippen LogP contribution in [0.15, 0.2) is 22.7 Å². The molecule has 1 aromatic carbocycles. The van der Waals surface area contributed by atoms with E-state index in [1.807, 2.05) is 0 Å². The van der Waals surface area contributed by atoms with Crippen molar-refractivity contribution in [3.05, 3.63) is 28.2 Å². The Morgan fingerprint density at radius 2 is 2.00 bits per heavy atom. The van der Waals surface area contributed by atoms with Gasteiger partial charge in [0, 0.05) is 23.1 Å². The number of Topliss-reactive ketones (excluding diaryl/α,β-unsaturated/α-hetero) is 1. The van der Waals surface area contributed by atoms with Gasteiger partial charge in [0.1, 0.15) is 0 Å². The molecular weight excluding hydrogens is 311 g/mol. The summed E-state index contributed by atoms with van der Waals surface area (Å²) < 4.78 is 39.2. The van der Waals surface area contributed by atoms with Gasteiger partial charge in [-0.1, -0.05) is 15.9 Å². The summed E-state index contributed by atoms with van der Waals surface area (Å²) in [6, 6.07) is 4.02. The summed E-state index contributed by atoms with van der Waals surface area (Å²) in [4.78, 5) is 12.8. The number of halogens is 4. The molecule has 0 spiro atoms. The van der Waals surface area contributed by atoms with Gasteiger partial charge in [-0.25, -0.2) is 0 Å². The summed E-state index contributed by atoms with van der Waals surface area (Å²) in [5.74, 6) is -0.0164. The van der Waals surface area contributed by atoms with E-state index in [2.05, 4.69) is 15.9 Å². The maximum atomic E-state index is 12.9. The number of carbonyl (C=O) groups excluding carboxylic acids is 1. The predicted octanol–water partition coefficient (Wildman–Crippen LogP) is 3.64. The van der Waals surface area contributed by atoms with Gasteiger partial charge in [-0.2, -0.15) is 13.2 Å². The van der Waals surface area contributed by atoms with E-state index in [1.165, 1.54) is 11.0 Å². The van der Waals surface area contributed by atoms with Gasteiger partial charge < -0.3 is 4.90 Å². The molecule has 2 nitrogen and oxygen atoms in total. The van der Waals surface area contributed by atoms with E-state index >= 15 is 0 Å². The minimum Gasteiger partial charge on any atom is -0.364 e. The van der Waals surface area contributed by atoms with Crippen LogP contribution in [0.1, 0.15) is 18.4 Å². The summed E-state index contributed by atoms with van der Waals surface area (Å²) in [7, 11) is 0. The number of benzene rings is 1. The fraction of sp³-hybridized carbons (Fsp3) is 0.417. The Morgan fingerprint density at radius 3 is 2.61 bits per heavy atom. The van der Waals surface area contributed by atoms with Crippen LogP contribution in [0.25, 0.3) is 0 Å². The first-order valence-corrected chi connectivity index (χ1v) is 6.30. The molecule has 1 aliphatic heterocycles. The van der Waals surface area contributed by atoms with Crippen molar-refractivity contribution in [1.82, 2.24) is 0 Å². The van der Waals surface area contributed by atoms with Crippen LogP contribution in [-0.4, -0.2) is 18.9 Å². The average molecular weight is 322 g/mol. The highest BCUT2D eigenvalue weighted by molar-refractivity contribution is 9.10. The molecule has 0 aliphatic carbocycles. The second-order valence-corrected chi connectivity index (χ2v) is 5.14. The number of rotatable bonds is 1. The lowest BCUT2D eigenvalue weighted by atomic mass is 10.1. The van der Waals surface area contributed by atoms with Crippen molar-refractivity contribution in [3.63, 3.8) is 0 Å². The smallest absolute Gasteiger partial charge is 0.364 e. The minimum atomic E-state index is -4.42. The lowest BCUT2D eigenvalue weighted by Crippen LogP contribution is -2.36. The van der Waals surface area contributed by atoms with Crippen molar-refractivity contribution >= 4 is 27.4 Å². The molecule has 1 fully saturated rings. The van der Waals surface area contributed by atoms with Gasteiger partial charge in [-0.05, 0) is 24.6 Å². The Balaban J connectivity index is 2.40. The first-order chi connectivity index (χ1) is 8.38.